The van der Waals surface area contributed by atoms with Gasteiger partial charge in [0.25, 0.3) is 0 Å². The van der Waals surface area contributed by atoms with Gasteiger partial charge in [0.15, 0.2) is 0 Å². The molecular formula is C15H16O3. The molecule has 2 aromatic rings. The molecule has 0 spiro atoms. The second-order valence-electron chi connectivity index (χ2n) is 3.93. The summed E-state index contributed by atoms with van der Waals surface area (Å²) in [6, 6.07) is 14.2. The second-order valence-corrected chi connectivity index (χ2v) is 3.93. The summed E-state index contributed by atoms with van der Waals surface area (Å²) in [5, 5.41) is 2.36. The summed E-state index contributed by atoms with van der Waals surface area (Å²) in [7, 11) is 0. The highest BCUT2D eigenvalue weighted by Crippen LogP contribution is 2.20. The molecule has 0 fully saturated rings. The van der Waals surface area contributed by atoms with E-state index < -0.39 is 0 Å². The zero-order valence-electron chi connectivity index (χ0n) is 10.2. The normalized spacial score (nSPS) is 10.4. The molecule has 0 aliphatic carbocycles. The maximum absolute atomic E-state index is 10.1. The van der Waals surface area contributed by atoms with Gasteiger partial charge in [-0.2, -0.15) is 0 Å². The predicted octanol–water partition coefficient (Wildman–Crippen LogP) is 2.82. The molecule has 0 unspecified atom stereocenters. The first-order chi connectivity index (χ1) is 8.90. The second kappa shape index (κ2) is 6.77. The lowest BCUT2D eigenvalue weighted by atomic mass is 10.1. The fraction of sp³-hybridized carbons (Fsp3) is 0.267. The molecule has 3 heteroatoms. The first-order valence-corrected chi connectivity index (χ1v) is 6.03. The first-order valence-electron chi connectivity index (χ1n) is 6.03. The van der Waals surface area contributed by atoms with E-state index in [1.807, 2.05) is 30.3 Å². The van der Waals surface area contributed by atoms with Crippen LogP contribution < -0.4 is 4.74 Å². The summed E-state index contributed by atoms with van der Waals surface area (Å²) < 4.78 is 10.8. The molecule has 0 saturated carbocycles. The minimum absolute atomic E-state index is 0.440. The molecule has 0 saturated heterocycles. The minimum Gasteiger partial charge on any atom is -0.491 e. The predicted molar refractivity (Wildman–Crippen MR) is 70.9 cm³/mol. The molecule has 0 aliphatic heterocycles. The summed E-state index contributed by atoms with van der Waals surface area (Å²) in [4.78, 5) is 10.1. The van der Waals surface area contributed by atoms with Crippen LogP contribution in [0, 0.1) is 0 Å². The fourth-order valence-electron chi connectivity index (χ4n) is 1.71. The standard InChI is InChI=1S/C15H16O3/c16-8-3-9-17-10-11-18-15-7-6-13-4-1-2-5-14(13)12-15/h1-2,4-8,12H,3,9-11H2. The molecule has 0 atom stereocenters. The van der Waals surface area contributed by atoms with Gasteiger partial charge in [-0.1, -0.05) is 30.3 Å². The van der Waals surface area contributed by atoms with Crippen LogP contribution in [-0.2, 0) is 9.53 Å². The average molecular weight is 244 g/mol. The van der Waals surface area contributed by atoms with Crippen LogP contribution in [-0.4, -0.2) is 26.1 Å². The number of hydrogen-bond donors (Lipinski definition) is 0. The van der Waals surface area contributed by atoms with E-state index in [9.17, 15) is 4.79 Å². The minimum atomic E-state index is 0.440. The smallest absolute Gasteiger partial charge is 0.122 e. The number of carbonyl (C=O) groups is 1. The maximum atomic E-state index is 10.1. The van der Waals surface area contributed by atoms with E-state index in [2.05, 4.69) is 12.1 Å². The molecule has 0 bridgehead atoms. The number of fused-ring (bicyclic) bond motifs is 1. The van der Waals surface area contributed by atoms with Crippen molar-refractivity contribution in [2.75, 3.05) is 19.8 Å². The average Bonchev–Trinajstić information content (AvgIpc) is 2.42. The summed E-state index contributed by atoms with van der Waals surface area (Å²) in [6.07, 6.45) is 1.29. The molecule has 0 aliphatic rings. The Morgan fingerprint density at radius 1 is 0.944 bits per heavy atom. The van der Waals surface area contributed by atoms with Gasteiger partial charge in [0.2, 0.25) is 0 Å². The van der Waals surface area contributed by atoms with Gasteiger partial charge in [-0.25, -0.2) is 0 Å². The van der Waals surface area contributed by atoms with Crippen molar-refractivity contribution in [3.63, 3.8) is 0 Å². The van der Waals surface area contributed by atoms with E-state index in [0.717, 1.165) is 17.4 Å². The largest absolute Gasteiger partial charge is 0.491 e. The maximum Gasteiger partial charge on any atom is 0.122 e. The van der Waals surface area contributed by atoms with Crippen molar-refractivity contribution in [2.24, 2.45) is 0 Å². The van der Waals surface area contributed by atoms with Crippen LogP contribution in [0.25, 0.3) is 10.8 Å². The topological polar surface area (TPSA) is 35.5 Å². The van der Waals surface area contributed by atoms with Crippen molar-refractivity contribution in [3.8, 4) is 5.75 Å². The van der Waals surface area contributed by atoms with Crippen LogP contribution in [0.1, 0.15) is 6.42 Å². The van der Waals surface area contributed by atoms with Gasteiger partial charge in [-0.05, 0) is 22.9 Å². The SMILES string of the molecule is O=CCCOCCOc1ccc2ccccc2c1. The van der Waals surface area contributed by atoms with E-state index in [1.165, 1.54) is 5.39 Å². The lowest BCUT2D eigenvalue weighted by Gasteiger charge is -2.07. The van der Waals surface area contributed by atoms with E-state index >= 15 is 0 Å². The highest BCUT2D eigenvalue weighted by molar-refractivity contribution is 5.83. The lowest BCUT2D eigenvalue weighted by molar-refractivity contribution is -0.108. The van der Waals surface area contributed by atoms with Crippen molar-refractivity contribution >= 4 is 17.1 Å². The van der Waals surface area contributed by atoms with Gasteiger partial charge in [0.05, 0.1) is 13.2 Å². The number of carbonyl (C=O) groups excluding carboxylic acids is 1. The quantitative estimate of drug-likeness (QED) is 0.555. The van der Waals surface area contributed by atoms with Gasteiger partial charge in [-0.3, -0.25) is 0 Å². The van der Waals surface area contributed by atoms with Crippen LogP contribution in [0.2, 0.25) is 0 Å². The summed E-state index contributed by atoms with van der Waals surface area (Å²) in [5.74, 6) is 0.840. The molecule has 0 heterocycles. The van der Waals surface area contributed by atoms with E-state index in [-0.39, 0.29) is 0 Å². The first kappa shape index (κ1) is 12.6. The Morgan fingerprint density at radius 2 is 1.78 bits per heavy atom. The molecule has 2 rings (SSSR count). The molecular weight excluding hydrogens is 228 g/mol. The van der Waals surface area contributed by atoms with Gasteiger partial charge in [-0.15, -0.1) is 0 Å². The summed E-state index contributed by atoms with van der Waals surface area (Å²) >= 11 is 0. The highest BCUT2D eigenvalue weighted by atomic mass is 16.5. The van der Waals surface area contributed by atoms with E-state index in [4.69, 9.17) is 9.47 Å². The molecule has 0 radical (unpaired) electrons. The van der Waals surface area contributed by atoms with Crippen LogP contribution in [0.3, 0.4) is 0 Å². The van der Waals surface area contributed by atoms with Crippen molar-refractivity contribution in [3.05, 3.63) is 42.5 Å². The lowest BCUT2D eigenvalue weighted by Crippen LogP contribution is -2.07. The number of hydrogen-bond acceptors (Lipinski definition) is 3. The fourth-order valence-corrected chi connectivity index (χ4v) is 1.71. The Morgan fingerprint density at radius 3 is 2.61 bits per heavy atom. The Balaban J connectivity index is 1.82. The Labute approximate surface area is 106 Å². The Bertz CT molecular complexity index is 508. The molecule has 0 amide bonds. The number of ether oxygens (including phenoxy) is 2. The van der Waals surface area contributed by atoms with E-state index in [1.54, 1.807) is 0 Å². The zero-order valence-corrected chi connectivity index (χ0v) is 10.2. The van der Waals surface area contributed by atoms with E-state index in [0.29, 0.717) is 26.2 Å². The molecule has 3 nitrogen and oxygen atoms in total. The number of rotatable bonds is 7. The van der Waals surface area contributed by atoms with Crippen molar-refractivity contribution in [1.29, 1.82) is 0 Å². The monoisotopic (exact) mass is 244 g/mol. The van der Waals surface area contributed by atoms with Crippen LogP contribution in [0.4, 0.5) is 0 Å². The van der Waals surface area contributed by atoms with Gasteiger partial charge in [0, 0.05) is 6.42 Å². The number of aldehydes is 1. The highest BCUT2D eigenvalue weighted by Gasteiger charge is 1.97. The van der Waals surface area contributed by atoms with Gasteiger partial charge >= 0.3 is 0 Å². The van der Waals surface area contributed by atoms with Crippen molar-refractivity contribution < 1.29 is 14.3 Å². The Hall–Kier alpha value is -1.87. The summed E-state index contributed by atoms with van der Waals surface area (Å²) in [5.41, 5.74) is 0. The number of benzene rings is 2. The third-order valence-electron chi connectivity index (χ3n) is 2.60. The van der Waals surface area contributed by atoms with Crippen molar-refractivity contribution in [1.82, 2.24) is 0 Å². The molecule has 0 aromatic heterocycles. The van der Waals surface area contributed by atoms with Gasteiger partial charge < -0.3 is 14.3 Å². The van der Waals surface area contributed by atoms with Crippen LogP contribution >= 0.6 is 0 Å². The zero-order chi connectivity index (χ0) is 12.6. The molecule has 2 aromatic carbocycles. The van der Waals surface area contributed by atoms with Gasteiger partial charge in [0.1, 0.15) is 18.6 Å². The van der Waals surface area contributed by atoms with Crippen molar-refractivity contribution in [2.45, 2.75) is 6.42 Å². The third-order valence-corrected chi connectivity index (χ3v) is 2.60. The molecule has 94 valence electrons. The summed E-state index contributed by atoms with van der Waals surface area (Å²) in [6.45, 7) is 1.46. The molecule has 0 N–H and O–H groups in total. The third kappa shape index (κ3) is 3.57. The van der Waals surface area contributed by atoms with Crippen LogP contribution in [0.5, 0.6) is 5.75 Å². The Kier molecular flexibility index (Phi) is 4.73. The van der Waals surface area contributed by atoms with Crippen LogP contribution in [0.15, 0.2) is 42.5 Å². The molecule has 18 heavy (non-hydrogen) atoms.